The lowest BCUT2D eigenvalue weighted by atomic mass is 10.1. The smallest absolute Gasteiger partial charge is 0.337 e. The zero-order valence-electron chi connectivity index (χ0n) is 6.41. The summed E-state index contributed by atoms with van der Waals surface area (Å²) in [7, 11) is 0. The van der Waals surface area contributed by atoms with Crippen LogP contribution in [-0.4, -0.2) is 11.1 Å². The largest absolute Gasteiger partial charge is 0.478 e. The number of benzene rings is 1. The van der Waals surface area contributed by atoms with Crippen molar-refractivity contribution < 1.29 is 9.90 Å². The van der Waals surface area contributed by atoms with Crippen molar-refractivity contribution in [2.45, 2.75) is 0 Å². The van der Waals surface area contributed by atoms with Gasteiger partial charge in [-0.15, -0.1) is 0 Å². The van der Waals surface area contributed by atoms with Crippen LogP contribution in [0.15, 0.2) is 12.1 Å². The standard InChI is InChI=1S/C8H5ClN2O2/c9-7-2-4(11)1-5(8(12)13)6(7)3-10/h1-2H,11H2,(H,12,13). The number of nitrogens with zero attached hydrogens (tertiary/aromatic N) is 1. The number of rotatable bonds is 1. The summed E-state index contributed by atoms with van der Waals surface area (Å²) in [6.45, 7) is 0. The molecule has 66 valence electrons. The van der Waals surface area contributed by atoms with Gasteiger partial charge >= 0.3 is 5.97 Å². The SMILES string of the molecule is N#Cc1c(Cl)cc(N)cc1C(=O)O. The number of carboxylic acids is 1. The average Bonchev–Trinajstić information content (AvgIpc) is 2.02. The third kappa shape index (κ3) is 1.71. The number of aromatic carboxylic acids is 1. The first-order valence-electron chi connectivity index (χ1n) is 3.28. The molecular formula is C8H5ClN2O2. The molecule has 0 aliphatic carbocycles. The van der Waals surface area contributed by atoms with Gasteiger partial charge < -0.3 is 10.8 Å². The lowest BCUT2D eigenvalue weighted by Crippen LogP contribution is -2.02. The van der Waals surface area contributed by atoms with Gasteiger partial charge in [0, 0.05) is 5.69 Å². The van der Waals surface area contributed by atoms with Crippen LogP contribution in [0.4, 0.5) is 5.69 Å². The van der Waals surface area contributed by atoms with E-state index in [0.29, 0.717) is 0 Å². The maximum absolute atomic E-state index is 10.6. The lowest BCUT2D eigenvalue weighted by Gasteiger charge is -2.01. The molecule has 0 aliphatic rings. The number of nitrogens with two attached hydrogens (primary N) is 1. The number of carbonyl (C=O) groups is 1. The summed E-state index contributed by atoms with van der Waals surface area (Å²) in [5.41, 5.74) is 5.35. The highest BCUT2D eigenvalue weighted by molar-refractivity contribution is 6.32. The van der Waals surface area contributed by atoms with Gasteiger partial charge in [0.05, 0.1) is 16.1 Å². The van der Waals surface area contributed by atoms with Crippen molar-refractivity contribution in [3.63, 3.8) is 0 Å². The van der Waals surface area contributed by atoms with Crippen LogP contribution in [0.5, 0.6) is 0 Å². The van der Waals surface area contributed by atoms with Crippen LogP contribution in [0.3, 0.4) is 0 Å². The number of hydrogen-bond donors (Lipinski definition) is 2. The molecule has 0 bridgehead atoms. The summed E-state index contributed by atoms with van der Waals surface area (Å²) < 4.78 is 0. The van der Waals surface area contributed by atoms with Crippen LogP contribution >= 0.6 is 11.6 Å². The molecule has 0 amide bonds. The zero-order chi connectivity index (χ0) is 10.0. The van der Waals surface area contributed by atoms with Crippen LogP contribution < -0.4 is 5.73 Å². The van der Waals surface area contributed by atoms with Gasteiger partial charge in [-0.25, -0.2) is 4.79 Å². The molecule has 1 aromatic rings. The normalized spacial score (nSPS) is 9.23. The van der Waals surface area contributed by atoms with E-state index >= 15 is 0 Å². The average molecular weight is 197 g/mol. The van der Waals surface area contributed by atoms with Crippen LogP contribution in [0.25, 0.3) is 0 Å². The maximum Gasteiger partial charge on any atom is 0.337 e. The third-order valence-corrected chi connectivity index (χ3v) is 1.75. The molecule has 0 unspecified atom stereocenters. The van der Waals surface area contributed by atoms with Gasteiger partial charge in [0.1, 0.15) is 6.07 Å². The Labute approximate surface area is 79.2 Å². The Hall–Kier alpha value is -1.73. The predicted molar refractivity (Wildman–Crippen MR) is 47.5 cm³/mol. The highest BCUT2D eigenvalue weighted by Crippen LogP contribution is 2.22. The quantitative estimate of drug-likeness (QED) is 0.667. The minimum absolute atomic E-state index is 0.0555. The Kier molecular flexibility index (Phi) is 2.40. The summed E-state index contributed by atoms with van der Waals surface area (Å²) in [6, 6.07) is 4.25. The van der Waals surface area contributed by atoms with Gasteiger partial charge in [0.2, 0.25) is 0 Å². The van der Waals surface area contributed by atoms with Gasteiger partial charge in [0.15, 0.2) is 0 Å². The second kappa shape index (κ2) is 3.33. The van der Waals surface area contributed by atoms with Crippen LogP contribution in [0.1, 0.15) is 15.9 Å². The van der Waals surface area contributed by atoms with Gasteiger partial charge in [-0.3, -0.25) is 0 Å². The first-order chi connectivity index (χ1) is 6.06. The molecule has 0 aromatic heterocycles. The minimum atomic E-state index is -1.22. The Bertz CT molecular complexity index is 409. The van der Waals surface area contributed by atoms with Crippen molar-refractivity contribution in [1.29, 1.82) is 5.26 Å². The molecule has 5 heteroatoms. The topological polar surface area (TPSA) is 87.1 Å². The molecule has 0 atom stereocenters. The minimum Gasteiger partial charge on any atom is -0.478 e. The molecule has 0 heterocycles. The van der Waals surface area contributed by atoms with Gasteiger partial charge in [-0.1, -0.05) is 11.6 Å². The Balaban J connectivity index is 3.50. The van der Waals surface area contributed by atoms with Crippen LogP contribution in [0, 0.1) is 11.3 Å². The molecule has 4 nitrogen and oxygen atoms in total. The lowest BCUT2D eigenvalue weighted by molar-refractivity contribution is 0.0696. The van der Waals surface area contributed by atoms with Gasteiger partial charge in [-0.2, -0.15) is 5.26 Å². The summed E-state index contributed by atoms with van der Waals surface area (Å²) in [4.78, 5) is 10.6. The molecule has 1 aromatic carbocycles. The predicted octanol–water partition coefficient (Wildman–Crippen LogP) is 1.49. The molecule has 0 spiro atoms. The van der Waals surface area contributed by atoms with Crippen molar-refractivity contribution in [2.24, 2.45) is 0 Å². The molecule has 0 radical (unpaired) electrons. The van der Waals surface area contributed by atoms with E-state index in [-0.39, 0.29) is 21.8 Å². The fourth-order valence-electron chi connectivity index (χ4n) is 0.910. The summed E-state index contributed by atoms with van der Waals surface area (Å²) in [5.74, 6) is -1.22. The molecular weight excluding hydrogens is 192 g/mol. The van der Waals surface area contributed by atoms with Crippen molar-refractivity contribution in [2.75, 3.05) is 5.73 Å². The third-order valence-electron chi connectivity index (χ3n) is 1.45. The van der Waals surface area contributed by atoms with Gasteiger partial charge in [-0.05, 0) is 12.1 Å². The van der Waals surface area contributed by atoms with Crippen molar-refractivity contribution >= 4 is 23.3 Å². The van der Waals surface area contributed by atoms with E-state index < -0.39 is 5.97 Å². The molecule has 0 saturated heterocycles. The van der Waals surface area contributed by atoms with Crippen molar-refractivity contribution in [3.8, 4) is 6.07 Å². The van der Waals surface area contributed by atoms with E-state index in [1.54, 1.807) is 6.07 Å². The van der Waals surface area contributed by atoms with E-state index in [9.17, 15) is 4.79 Å². The van der Waals surface area contributed by atoms with E-state index in [0.717, 1.165) is 0 Å². The fraction of sp³-hybridized carbons (Fsp3) is 0. The Morgan fingerprint density at radius 2 is 2.23 bits per heavy atom. The monoisotopic (exact) mass is 196 g/mol. The number of anilines is 1. The van der Waals surface area contributed by atoms with Crippen molar-refractivity contribution in [3.05, 3.63) is 28.3 Å². The number of nitriles is 1. The second-order valence-corrected chi connectivity index (χ2v) is 2.75. The number of nitrogen functional groups attached to an aromatic ring is 1. The maximum atomic E-state index is 10.6. The second-order valence-electron chi connectivity index (χ2n) is 2.34. The molecule has 0 fully saturated rings. The Morgan fingerprint density at radius 3 is 2.69 bits per heavy atom. The van der Waals surface area contributed by atoms with Crippen LogP contribution in [-0.2, 0) is 0 Å². The molecule has 3 N–H and O–H groups in total. The molecule has 13 heavy (non-hydrogen) atoms. The first-order valence-corrected chi connectivity index (χ1v) is 3.66. The van der Waals surface area contributed by atoms with E-state index in [1.807, 2.05) is 0 Å². The van der Waals surface area contributed by atoms with Gasteiger partial charge in [0.25, 0.3) is 0 Å². The van der Waals surface area contributed by atoms with E-state index in [4.69, 9.17) is 27.7 Å². The number of hydrogen-bond acceptors (Lipinski definition) is 3. The summed E-state index contributed by atoms with van der Waals surface area (Å²) in [6.07, 6.45) is 0. The fourth-order valence-corrected chi connectivity index (χ4v) is 1.18. The van der Waals surface area contributed by atoms with Crippen LogP contribution in [0.2, 0.25) is 5.02 Å². The molecule has 0 aliphatic heterocycles. The van der Waals surface area contributed by atoms with Crippen molar-refractivity contribution in [1.82, 2.24) is 0 Å². The first kappa shape index (κ1) is 9.36. The zero-order valence-corrected chi connectivity index (χ0v) is 7.17. The number of carboxylic acid groups (broad SMARTS) is 1. The highest BCUT2D eigenvalue weighted by atomic mass is 35.5. The summed E-state index contributed by atoms with van der Waals surface area (Å²) in [5, 5.41) is 17.3. The molecule has 1 rings (SSSR count). The van der Waals surface area contributed by atoms with E-state index in [1.165, 1.54) is 12.1 Å². The number of halogens is 1. The highest BCUT2D eigenvalue weighted by Gasteiger charge is 2.13. The summed E-state index contributed by atoms with van der Waals surface area (Å²) >= 11 is 5.61. The van der Waals surface area contributed by atoms with E-state index in [2.05, 4.69) is 0 Å². The Morgan fingerprint density at radius 1 is 1.62 bits per heavy atom. The molecule has 0 saturated carbocycles.